The first-order valence-electron chi connectivity index (χ1n) is 17.1. The summed E-state index contributed by atoms with van der Waals surface area (Å²) >= 11 is 0. The molecule has 0 saturated carbocycles. The lowest BCUT2D eigenvalue weighted by Crippen LogP contribution is -1.92. The van der Waals surface area contributed by atoms with E-state index in [1.165, 1.54) is 72.0 Å². The van der Waals surface area contributed by atoms with E-state index in [0.29, 0.717) is 0 Å². The predicted octanol–water partition coefficient (Wildman–Crippen LogP) is 13.2. The molecular weight excluding hydrogens is 605 g/mol. The van der Waals surface area contributed by atoms with E-state index in [2.05, 4.69) is 204 Å². The average molecular weight is 639 g/mol. The van der Waals surface area contributed by atoms with Crippen molar-refractivity contribution in [1.82, 2.24) is 4.57 Å². The van der Waals surface area contributed by atoms with Gasteiger partial charge in [0.25, 0.3) is 0 Å². The molecule has 0 atom stereocenters. The maximum Gasteiger partial charge on any atom is 0.0541 e. The molecule has 0 aliphatic heterocycles. The van der Waals surface area contributed by atoms with Gasteiger partial charge < -0.3 is 9.88 Å². The molecule has 0 aliphatic carbocycles. The Morgan fingerprint density at radius 1 is 0.280 bits per heavy atom. The lowest BCUT2D eigenvalue weighted by molar-refractivity contribution is 1.18. The average Bonchev–Trinajstić information content (AvgIpc) is 3.53. The Morgan fingerprint density at radius 2 is 0.740 bits per heavy atom. The second-order valence-corrected chi connectivity index (χ2v) is 12.7. The number of hydrogen-bond acceptors (Lipinski definition) is 1. The summed E-state index contributed by atoms with van der Waals surface area (Å²) in [5.41, 5.74) is 15.4. The molecule has 2 heteroatoms. The van der Waals surface area contributed by atoms with Gasteiger partial charge in [-0.25, -0.2) is 0 Å². The summed E-state index contributed by atoms with van der Waals surface area (Å²) in [4.78, 5) is 0. The first-order valence-corrected chi connectivity index (χ1v) is 17.1. The van der Waals surface area contributed by atoms with Gasteiger partial charge in [-0.05, 0) is 99.1 Å². The molecule has 2 nitrogen and oxygen atoms in total. The van der Waals surface area contributed by atoms with Crippen molar-refractivity contribution in [2.45, 2.75) is 0 Å². The Labute approximate surface area is 292 Å². The summed E-state index contributed by atoms with van der Waals surface area (Å²) in [6.07, 6.45) is 0. The van der Waals surface area contributed by atoms with Crippen LogP contribution in [-0.4, -0.2) is 4.57 Å². The SMILES string of the molecule is c1ccc(-c2cccc(Nc3ccc(-c4ccc(-c5ccc(-c6ccc7c(c6)c6ccccc6n7-c6ccccc6)cc5)cc4)cc3)c2)cc1. The smallest absolute Gasteiger partial charge is 0.0541 e. The van der Waals surface area contributed by atoms with Crippen molar-refractivity contribution >= 4 is 33.2 Å². The topological polar surface area (TPSA) is 17.0 Å². The molecule has 0 saturated heterocycles. The van der Waals surface area contributed by atoms with Crippen LogP contribution in [0.1, 0.15) is 0 Å². The molecule has 9 aromatic rings. The summed E-state index contributed by atoms with van der Waals surface area (Å²) in [7, 11) is 0. The molecule has 0 unspecified atom stereocenters. The van der Waals surface area contributed by atoms with Gasteiger partial charge in [-0.2, -0.15) is 0 Å². The van der Waals surface area contributed by atoms with Crippen LogP contribution in [-0.2, 0) is 0 Å². The minimum atomic E-state index is 1.07. The molecule has 0 fully saturated rings. The molecule has 0 spiro atoms. The molecule has 8 aromatic carbocycles. The summed E-state index contributed by atoms with van der Waals surface area (Å²) < 4.78 is 2.36. The third kappa shape index (κ3) is 5.63. The van der Waals surface area contributed by atoms with E-state index in [1.54, 1.807) is 0 Å². The molecule has 0 aliphatic rings. The van der Waals surface area contributed by atoms with E-state index in [1.807, 2.05) is 6.07 Å². The number of hydrogen-bond donors (Lipinski definition) is 1. The van der Waals surface area contributed by atoms with Crippen LogP contribution >= 0.6 is 0 Å². The third-order valence-corrected chi connectivity index (χ3v) is 9.60. The fourth-order valence-electron chi connectivity index (χ4n) is 7.04. The molecule has 0 radical (unpaired) electrons. The third-order valence-electron chi connectivity index (χ3n) is 9.60. The number of nitrogens with one attached hydrogen (secondary N) is 1. The van der Waals surface area contributed by atoms with Gasteiger partial charge in [0.15, 0.2) is 0 Å². The van der Waals surface area contributed by atoms with Crippen molar-refractivity contribution in [3.8, 4) is 50.2 Å². The molecule has 0 amide bonds. The number of benzene rings is 8. The van der Waals surface area contributed by atoms with Crippen molar-refractivity contribution in [2.24, 2.45) is 0 Å². The molecule has 1 aromatic heterocycles. The number of aromatic nitrogens is 1. The van der Waals surface area contributed by atoms with Gasteiger partial charge in [-0.15, -0.1) is 0 Å². The number of anilines is 2. The van der Waals surface area contributed by atoms with Crippen molar-refractivity contribution < 1.29 is 0 Å². The maximum absolute atomic E-state index is 3.56. The Bertz CT molecular complexity index is 2560. The fourth-order valence-corrected chi connectivity index (χ4v) is 7.04. The second-order valence-electron chi connectivity index (χ2n) is 12.7. The number of para-hydroxylation sites is 2. The first-order chi connectivity index (χ1) is 24.8. The highest BCUT2D eigenvalue weighted by molar-refractivity contribution is 6.10. The van der Waals surface area contributed by atoms with Crippen LogP contribution in [0.2, 0.25) is 0 Å². The van der Waals surface area contributed by atoms with Crippen molar-refractivity contribution in [3.05, 3.63) is 200 Å². The van der Waals surface area contributed by atoms with E-state index >= 15 is 0 Å². The highest BCUT2D eigenvalue weighted by Gasteiger charge is 2.13. The standard InChI is InChI=1S/C48H34N2/c1-3-10-34(11-4-1)40-12-9-13-43(32-40)49-42-29-26-38(27-30-42)37-20-18-35(19-21-37)36-22-24-39(25-23-36)41-28-31-48-46(33-41)45-16-7-8-17-47(45)50(48)44-14-5-2-6-15-44/h1-33,49H. The monoisotopic (exact) mass is 638 g/mol. The highest BCUT2D eigenvalue weighted by atomic mass is 15.0. The van der Waals surface area contributed by atoms with Crippen LogP contribution in [0.3, 0.4) is 0 Å². The van der Waals surface area contributed by atoms with Crippen LogP contribution in [0, 0.1) is 0 Å². The molecule has 50 heavy (non-hydrogen) atoms. The Hall–Kier alpha value is -6.64. The Kier molecular flexibility index (Phi) is 7.53. The van der Waals surface area contributed by atoms with Gasteiger partial charge >= 0.3 is 0 Å². The molecular formula is C48H34N2. The first kappa shape index (κ1) is 29.5. The van der Waals surface area contributed by atoms with Crippen LogP contribution in [0.15, 0.2) is 200 Å². The highest BCUT2D eigenvalue weighted by Crippen LogP contribution is 2.36. The quantitative estimate of drug-likeness (QED) is 0.184. The number of fused-ring (bicyclic) bond motifs is 3. The predicted molar refractivity (Wildman–Crippen MR) is 212 cm³/mol. The zero-order chi connectivity index (χ0) is 33.3. The van der Waals surface area contributed by atoms with Crippen LogP contribution in [0.4, 0.5) is 11.4 Å². The van der Waals surface area contributed by atoms with Gasteiger partial charge in [0.2, 0.25) is 0 Å². The lowest BCUT2D eigenvalue weighted by atomic mass is 9.97. The van der Waals surface area contributed by atoms with Crippen LogP contribution in [0.5, 0.6) is 0 Å². The summed E-state index contributed by atoms with van der Waals surface area (Å²) in [5, 5.41) is 6.10. The minimum Gasteiger partial charge on any atom is -0.356 e. The van der Waals surface area contributed by atoms with E-state index in [4.69, 9.17) is 0 Å². The zero-order valence-electron chi connectivity index (χ0n) is 27.5. The Balaban J connectivity index is 0.923. The van der Waals surface area contributed by atoms with Crippen LogP contribution in [0.25, 0.3) is 72.0 Å². The van der Waals surface area contributed by atoms with Gasteiger partial charge in [0.05, 0.1) is 11.0 Å². The maximum atomic E-state index is 3.56. The molecule has 1 N–H and O–H groups in total. The van der Waals surface area contributed by atoms with Crippen molar-refractivity contribution in [1.29, 1.82) is 0 Å². The van der Waals surface area contributed by atoms with E-state index in [9.17, 15) is 0 Å². The lowest BCUT2D eigenvalue weighted by Gasteiger charge is -2.10. The van der Waals surface area contributed by atoms with E-state index in [-0.39, 0.29) is 0 Å². The van der Waals surface area contributed by atoms with Gasteiger partial charge in [-0.1, -0.05) is 146 Å². The van der Waals surface area contributed by atoms with Crippen molar-refractivity contribution in [2.75, 3.05) is 5.32 Å². The van der Waals surface area contributed by atoms with Crippen LogP contribution < -0.4 is 5.32 Å². The van der Waals surface area contributed by atoms with Gasteiger partial charge in [0, 0.05) is 27.8 Å². The zero-order valence-corrected chi connectivity index (χ0v) is 27.5. The van der Waals surface area contributed by atoms with E-state index < -0.39 is 0 Å². The van der Waals surface area contributed by atoms with Gasteiger partial charge in [0.1, 0.15) is 0 Å². The molecule has 236 valence electrons. The Morgan fingerprint density at radius 3 is 1.40 bits per heavy atom. The summed E-state index contributed by atoms with van der Waals surface area (Å²) in [6.45, 7) is 0. The normalized spacial score (nSPS) is 11.2. The fraction of sp³-hybridized carbons (Fsp3) is 0. The summed E-state index contributed by atoms with van der Waals surface area (Å²) in [5.74, 6) is 0. The number of nitrogens with zero attached hydrogens (tertiary/aromatic N) is 1. The minimum absolute atomic E-state index is 1.07. The molecule has 0 bridgehead atoms. The van der Waals surface area contributed by atoms with Gasteiger partial charge in [-0.3, -0.25) is 0 Å². The second kappa shape index (κ2) is 12.8. The van der Waals surface area contributed by atoms with Crippen molar-refractivity contribution in [3.63, 3.8) is 0 Å². The largest absolute Gasteiger partial charge is 0.356 e. The summed E-state index contributed by atoms with van der Waals surface area (Å²) in [6, 6.07) is 71.6. The molecule has 9 rings (SSSR count). The number of rotatable bonds is 7. The van der Waals surface area contributed by atoms with E-state index in [0.717, 1.165) is 11.4 Å². The molecule has 1 heterocycles.